The minimum Gasteiger partial charge on any atom is -0.623 e. The Kier molecular flexibility index (Phi) is 3.72. The van der Waals surface area contributed by atoms with Crippen molar-refractivity contribution in [3.8, 4) is 0 Å². The molecule has 0 aromatic heterocycles. The van der Waals surface area contributed by atoms with Crippen LogP contribution in [0.15, 0.2) is 24.3 Å². The lowest BCUT2D eigenvalue weighted by atomic mass is 10.1. The van der Waals surface area contributed by atoms with Crippen molar-refractivity contribution in [3.05, 3.63) is 40.1 Å². The van der Waals surface area contributed by atoms with Crippen molar-refractivity contribution in [2.24, 2.45) is 0 Å². The second-order valence-corrected chi connectivity index (χ2v) is 4.41. The normalized spacial score (nSPS) is 12.9. The third-order valence-corrected chi connectivity index (χ3v) is 2.37. The van der Waals surface area contributed by atoms with E-state index in [0.29, 0.717) is 5.02 Å². The summed E-state index contributed by atoms with van der Waals surface area (Å²) >= 11 is 5.72. The summed E-state index contributed by atoms with van der Waals surface area (Å²) in [5, 5.41) is 21.3. The van der Waals surface area contributed by atoms with Crippen molar-refractivity contribution in [1.82, 2.24) is 0 Å². The molecule has 1 N–H and O–H groups in total. The second-order valence-electron chi connectivity index (χ2n) is 3.98. The van der Waals surface area contributed by atoms with Gasteiger partial charge in [-0.15, -0.1) is 0 Å². The molecule has 1 rings (SSSR count). The van der Waals surface area contributed by atoms with E-state index in [1.807, 2.05) is 0 Å². The Morgan fingerprint density at radius 3 is 2.40 bits per heavy atom. The molecule has 0 amide bonds. The number of rotatable bonds is 3. The van der Waals surface area contributed by atoms with E-state index in [1.54, 1.807) is 38.1 Å². The number of benzene rings is 1. The first-order valence-electron chi connectivity index (χ1n) is 4.63. The molecule has 4 heteroatoms. The first kappa shape index (κ1) is 12.0. The lowest BCUT2D eigenvalue weighted by molar-refractivity contribution is -0.539. The molecule has 15 heavy (non-hydrogen) atoms. The van der Waals surface area contributed by atoms with E-state index >= 15 is 0 Å². The molecule has 0 radical (unpaired) electrons. The molecule has 0 heterocycles. The van der Waals surface area contributed by atoms with Gasteiger partial charge in [-0.05, 0) is 24.3 Å². The number of halogens is 1. The average Bonchev–Trinajstić information content (AvgIpc) is 2.21. The largest absolute Gasteiger partial charge is 0.623 e. The highest BCUT2D eigenvalue weighted by Crippen LogP contribution is 2.10. The maximum absolute atomic E-state index is 11.6. The molecular weight excluding hydrogens is 214 g/mol. The van der Waals surface area contributed by atoms with Gasteiger partial charge in [-0.1, -0.05) is 11.6 Å². The van der Waals surface area contributed by atoms with E-state index in [4.69, 9.17) is 16.7 Å². The summed E-state index contributed by atoms with van der Waals surface area (Å²) in [5.74, 6) is 0. The van der Waals surface area contributed by atoms with Gasteiger partial charge in [-0.25, -0.2) is 4.74 Å². The molecule has 0 saturated heterocycles. The van der Waals surface area contributed by atoms with Crippen LogP contribution in [0.5, 0.6) is 0 Å². The number of aliphatic hydroxyl groups is 1. The zero-order valence-corrected chi connectivity index (χ0v) is 9.53. The monoisotopic (exact) mass is 227 g/mol. The maximum Gasteiger partial charge on any atom is 0.190 e. The van der Waals surface area contributed by atoms with Gasteiger partial charge in [0.15, 0.2) is 11.8 Å². The van der Waals surface area contributed by atoms with Crippen LogP contribution in [0, 0.1) is 5.21 Å². The van der Waals surface area contributed by atoms with Gasteiger partial charge < -0.3 is 10.3 Å². The molecule has 0 fully saturated rings. The standard InChI is InChI=1S/C11H14ClNO2/c1-11(2,8-14)13(15)7-9-3-5-10(12)6-4-9/h3-7,14H,8H2,1-2H3/b13-7-. The molecular formula is C11H14ClNO2. The van der Waals surface area contributed by atoms with E-state index in [2.05, 4.69) is 0 Å². The predicted octanol–water partition coefficient (Wildman–Crippen LogP) is 2.04. The zero-order chi connectivity index (χ0) is 11.5. The Balaban J connectivity index is 2.92. The Bertz CT molecular complexity index is 357. The van der Waals surface area contributed by atoms with Crippen LogP contribution in [-0.4, -0.2) is 28.2 Å². The van der Waals surface area contributed by atoms with Crippen LogP contribution >= 0.6 is 11.6 Å². The van der Waals surface area contributed by atoms with Gasteiger partial charge >= 0.3 is 0 Å². The summed E-state index contributed by atoms with van der Waals surface area (Å²) in [7, 11) is 0. The van der Waals surface area contributed by atoms with E-state index in [1.165, 1.54) is 6.21 Å². The molecule has 0 atom stereocenters. The molecule has 0 aliphatic heterocycles. The van der Waals surface area contributed by atoms with Gasteiger partial charge in [-0.3, -0.25) is 0 Å². The van der Waals surface area contributed by atoms with E-state index in [9.17, 15) is 5.21 Å². The summed E-state index contributed by atoms with van der Waals surface area (Å²) in [5.41, 5.74) is -0.0458. The third kappa shape index (κ3) is 3.22. The Morgan fingerprint density at radius 1 is 1.40 bits per heavy atom. The fourth-order valence-corrected chi connectivity index (χ4v) is 1.05. The zero-order valence-electron chi connectivity index (χ0n) is 8.77. The first-order valence-corrected chi connectivity index (χ1v) is 5.01. The quantitative estimate of drug-likeness (QED) is 0.372. The van der Waals surface area contributed by atoms with Gasteiger partial charge in [0.2, 0.25) is 0 Å². The highest BCUT2D eigenvalue weighted by Gasteiger charge is 2.24. The second kappa shape index (κ2) is 4.64. The molecule has 0 saturated carbocycles. The first-order chi connectivity index (χ1) is 6.95. The van der Waals surface area contributed by atoms with Crippen molar-refractivity contribution in [2.45, 2.75) is 19.4 Å². The predicted molar refractivity (Wildman–Crippen MR) is 61.4 cm³/mol. The van der Waals surface area contributed by atoms with Crippen molar-refractivity contribution in [3.63, 3.8) is 0 Å². The molecule has 0 aliphatic carbocycles. The smallest absolute Gasteiger partial charge is 0.190 e. The third-order valence-electron chi connectivity index (χ3n) is 2.12. The lowest BCUT2D eigenvalue weighted by Gasteiger charge is -2.21. The van der Waals surface area contributed by atoms with E-state index < -0.39 is 5.54 Å². The SMILES string of the molecule is CC(C)(CO)/[N+]([O-])=C/c1ccc(Cl)cc1. The summed E-state index contributed by atoms with van der Waals surface area (Å²) < 4.78 is 0.746. The number of hydrogen-bond acceptors (Lipinski definition) is 2. The van der Waals surface area contributed by atoms with E-state index in [0.717, 1.165) is 10.3 Å². The molecule has 3 nitrogen and oxygen atoms in total. The molecule has 1 aromatic carbocycles. The Morgan fingerprint density at radius 2 is 1.93 bits per heavy atom. The van der Waals surface area contributed by atoms with Crippen molar-refractivity contribution < 1.29 is 9.85 Å². The molecule has 0 bridgehead atoms. The highest BCUT2D eigenvalue weighted by atomic mass is 35.5. The minimum absolute atomic E-state index is 0.194. The average molecular weight is 228 g/mol. The highest BCUT2D eigenvalue weighted by molar-refractivity contribution is 6.30. The number of aliphatic hydroxyl groups excluding tert-OH is 1. The van der Waals surface area contributed by atoms with Crippen LogP contribution in [0.3, 0.4) is 0 Å². The van der Waals surface area contributed by atoms with Crippen LogP contribution < -0.4 is 0 Å². The fraction of sp³-hybridized carbons (Fsp3) is 0.364. The van der Waals surface area contributed by atoms with Gasteiger partial charge in [0.05, 0.1) is 0 Å². The molecule has 0 unspecified atom stereocenters. The van der Waals surface area contributed by atoms with Crippen molar-refractivity contribution >= 4 is 17.8 Å². The molecule has 0 spiro atoms. The number of hydroxylamine groups is 1. The Labute approximate surface area is 94.2 Å². The van der Waals surface area contributed by atoms with Gasteiger partial charge in [0.25, 0.3) is 0 Å². The van der Waals surface area contributed by atoms with E-state index in [-0.39, 0.29) is 6.61 Å². The number of nitrogens with zero attached hydrogens (tertiary/aromatic N) is 1. The molecule has 1 aromatic rings. The summed E-state index contributed by atoms with van der Waals surface area (Å²) in [6.07, 6.45) is 1.44. The van der Waals surface area contributed by atoms with Gasteiger partial charge in [-0.2, -0.15) is 0 Å². The summed E-state index contributed by atoms with van der Waals surface area (Å²) in [6.45, 7) is 3.15. The maximum atomic E-state index is 11.6. The molecule has 0 aliphatic rings. The Hall–Kier alpha value is -1.06. The summed E-state index contributed by atoms with van der Waals surface area (Å²) in [6, 6.07) is 6.93. The summed E-state index contributed by atoms with van der Waals surface area (Å²) in [4.78, 5) is 0. The lowest BCUT2D eigenvalue weighted by Crippen LogP contribution is -2.37. The topological polar surface area (TPSA) is 46.3 Å². The molecule has 82 valence electrons. The van der Waals surface area contributed by atoms with Crippen LogP contribution in [0.4, 0.5) is 0 Å². The van der Waals surface area contributed by atoms with Crippen LogP contribution in [0.2, 0.25) is 5.02 Å². The van der Waals surface area contributed by atoms with Crippen molar-refractivity contribution in [2.75, 3.05) is 6.61 Å². The van der Waals surface area contributed by atoms with Gasteiger partial charge in [0, 0.05) is 24.4 Å². The van der Waals surface area contributed by atoms with Crippen LogP contribution in [-0.2, 0) is 0 Å². The van der Waals surface area contributed by atoms with Crippen molar-refractivity contribution in [1.29, 1.82) is 0 Å². The van der Waals surface area contributed by atoms with Crippen LogP contribution in [0.25, 0.3) is 0 Å². The van der Waals surface area contributed by atoms with Crippen LogP contribution in [0.1, 0.15) is 19.4 Å². The van der Waals surface area contributed by atoms with Gasteiger partial charge in [0.1, 0.15) is 6.61 Å². The minimum atomic E-state index is -0.806. The number of hydrogen-bond donors (Lipinski definition) is 1. The fourth-order valence-electron chi connectivity index (χ4n) is 0.929.